The summed E-state index contributed by atoms with van der Waals surface area (Å²) in [4.78, 5) is 2.26. The molecule has 0 spiro atoms. The molecule has 0 fully saturated rings. The first-order valence-electron chi connectivity index (χ1n) is 8.24. The van der Waals surface area contributed by atoms with Crippen LogP contribution in [0.25, 0.3) is 0 Å². The summed E-state index contributed by atoms with van der Waals surface area (Å²) in [6.07, 6.45) is 11.0. The first-order valence-corrected chi connectivity index (χ1v) is 8.24. The molecule has 0 bridgehead atoms. The maximum atomic E-state index is 2.26. The van der Waals surface area contributed by atoms with Crippen molar-refractivity contribution in [3.8, 4) is 0 Å². The van der Waals surface area contributed by atoms with Crippen molar-refractivity contribution in [1.82, 2.24) is 4.90 Å². The van der Waals surface area contributed by atoms with Gasteiger partial charge in [0.05, 0.1) is 0 Å². The van der Waals surface area contributed by atoms with Gasteiger partial charge in [-0.1, -0.05) is 72.7 Å². The van der Waals surface area contributed by atoms with Gasteiger partial charge < -0.3 is 4.90 Å². The lowest BCUT2D eigenvalue weighted by Crippen LogP contribution is -2.16. The van der Waals surface area contributed by atoms with Crippen LogP contribution in [-0.4, -0.2) is 25.5 Å². The van der Waals surface area contributed by atoms with Crippen LogP contribution in [0.5, 0.6) is 0 Å². The van der Waals surface area contributed by atoms with Crippen molar-refractivity contribution in [1.29, 1.82) is 0 Å². The molecule has 1 aromatic rings. The van der Waals surface area contributed by atoms with Crippen LogP contribution in [0, 0.1) is 0 Å². The van der Waals surface area contributed by atoms with Crippen LogP contribution in [0.15, 0.2) is 65.8 Å². The van der Waals surface area contributed by atoms with Crippen LogP contribution in [0.1, 0.15) is 45.1 Å². The second-order valence-electron chi connectivity index (χ2n) is 6.22. The molecule has 0 saturated heterocycles. The highest BCUT2D eigenvalue weighted by atomic mass is 15.0. The fourth-order valence-corrected chi connectivity index (χ4v) is 2.39. The van der Waals surface area contributed by atoms with E-state index >= 15 is 0 Å². The van der Waals surface area contributed by atoms with Gasteiger partial charge >= 0.3 is 0 Å². The van der Waals surface area contributed by atoms with Crippen LogP contribution >= 0.6 is 0 Å². The molecule has 0 saturated carbocycles. The highest BCUT2D eigenvalue weighted by Gasteiger charge is 2.13. The first kappa shape index (κ1) is 18.4. The monoisotopic (exact) mass is 297 g/mol. The Kier molecular flexibility index (Phi) is 8.54. The van der Waals surface area contributed by atoms with Crippen LogP contribution in [-0.2, 0) is 0 Å². The summed E-state index contributed by atoms with van der Waals surface area (Å²) in [5.41, 5.74) is 4.24. The maximum absolute atomic E-state index is 2.26. The third-order valence-corrected chi connectivity index (χ3v) is 4.03. The van der Waals surface area contributed by atoms with Crippen molar-refractivity contribution in [2.24, 2.45) is 0 Å². The minimum Gasteiger partial charge on any atom is -0.309 e. The lowest BCUT2D eigenvalue weighted by Gasteiger charge is -2.20. The molecule has 0 aliphatic rings. The highest BCUT2D eigenvalue weighted by Crippen LogP contribution is 2.27. The van der Waals surface area contributed by atoms with Crippen molar-refractivity contribution in [3.63, 3.8) is 0 Å². The summed E-state index contributed by atoms with van der Waals surface area (Å²) in [6, 6.07) is 10.8. The van der Waals surface area contributed by atoms with Gasteiger partial charge in [0, 0.05) is 5.92 Å². The minimum absolute atomic E-state index is 0.490. The number of allylic oxidation sites excluding steroid dienone is 6. The Hall–Kier alpha value is -1.60. The van der Waals surface area contributed by atoms with E-state index in [-0.39, 0.29) is 0 Å². The number of nitrogens with zero attached hydrogens (tertiary/aromatic N) is 1. The highest BCUT2D eigenvalue weighted by molar-refractivity contribution is 5.30. The summed E-state index contributed by atoms with van der Waals surface area (Å²) in [7, 11) is 4.28. The third-order valence-electron chi connectivity index (χ3n) is 4.03. The Morgan fingerprint density at radius 1 is 1.05 bits per heavy atom. The quantitative estimate of drug-likeness (QED) is 0.566. The summed E-state index contributed by atoms with van der Waals surface area (Å²) in [5, 5.41) is 0. The first-order chi connectivity index (χ1) is 10.5. The van der Waals surface area contributed by atoms with Crippen molar-refractivity contribution in [3.05, 3.63) is 71.3 Å². The normalized spacial score (nSPS) is 14.8. The van der Waals surface area contributed by atoms with E-state index in [0.717, 1.165) is 19.4 Å². The van der Waals surface area contributed by atoms with Crippen molar-refractivity contribution in [2.75, 3.05) is 20.6 Å². The Morgan fingerprint density at radius 2 is 1.68 bits per heavy atom. The second kappa shape index (κ2) is 10.2. The molecule has 0 radical (unpaired) electrons. The predicted molar refractivity (Wildman–Crippen MR) is 99.3 cm³/mol. The fraction of sp³-hybridized carbons (Fsp3) is 0.429. The molecule has 0 aromatic heterocycles. The van der Waals surface area contributed by atoms with E-state index < -0.39 is 0 Å². The summed E-state index contributed by atoms with van der Waals surface area (Å²) >= 11 is 0. The molecule has 1 nitrogen and oxygen atoms in total. The lowest BCUT2D eigenvalue weighted by atomic mass is 9.88. The molecular weight excluding hydrogens is 266 g/mol. The molecule has 120 valence electrons. The molecule has 0 aliphatic carbocycles. The Balaban J connectivity index is 2.85. The zero-order valence-corrected chi connectivity index (χ0v) is 14.8. The number of hydrogen-bond donors (Lipinski definition) is 0. The van der Waals surface area contributed by atoms with Gasteiger partial charge in [-0.2, -0.15) is 0 Å². The second-order valence-corrected chi connectivity index (χ2v) is 6.22. The van der Waals surface area contributed by atoms with Crippen LogP contribution in [0.3, 0.4) is 0 Å². The molecule has 0 N–H and O–H groups in total. The molecule has 0 amide bonds. The predicted octanol–water partition coefficient (Wildman–Crippen LogP) is 5.58. The minimum atomic E-state index is 0.490. The van der Waals surface area contributed by atoms with E-state index in [4.69, 9.17) is 0 Å². The standard InChI is InChI=1S/C21H31N/c1-6-18(2)12-10-11-13-19(3)21(16-17-22(4)5)20-14-8-7-9-15-20/h7-15,21H,6,16-17H2,1-5H3/b11-10-,18-12+,19-13+. The zero-order chi connectivity index (χ0) is 16.4. The number of hydrogen-bond acceptors (Lipinski definition) is 1. The molecule has 0 heterocycles. The SMILES string of the molecule is CC/C(C)=C/C=C\C=C(/C)C(CCN(C)C)c1ccccc1. The summed E-state index contributed by atoms with van der Waals surface area (Å²) in [6.45, 7) is 7.70. The van der Waals surface area contributed by atoms with Gasteiger partial charge in [-0.15, -0.1) is 0 Å². The van der Waals surface area contributed by atoms with E-state index in [0.29, 0.717) is 5.92 Å². The van der Waals surface area contributed by atoms with Gasteiger partial charge in [0.1, 0.15) is 0 Å². The molecule has 1 unspecified atom stereocenters. The van der Waals surface area contributed by atoms with Gasteiger partial charge in [-0.05, 0) is 52.9 Å². The molecule has 1 rings (SSSR count). The van der Waals surface area contributed by atoms with E-state index in [2.05, 4.69) is 94.4 Å². The lowest BCUT2D eigenvalue weighted by molar-refractivity contribution is 0.389. The number of benzene rings is 1. The molecule has 1 heteroatoms. The Labute approximate surface area is 137 Å². The van der Waals surface area contributed by atoms with Gasteiger partial charge in [0.25, 0.3) is 0 Å². The van der Waals surface area contributed by atoms with Crippen molar-refractivity contribution in [2.45, 2.75) is 39.5 Å². The smallest absolute Gasteiger partial charge is 0.00606 e. The van der Waals surface area contributed by atoms with E-state index in [9.17, 15) is 0 Å². The van der Waals surface area contributed by atoms with Crippen LogP contribution in [0.2, 0.25) is 0 Å². The van der Waals surface area contributed by atoms with Gasteiger partial charge in [-0.3, -0.25) is 0 Å². The fourth-order valence-electron chi connectivity index (χ4n) is 2.39. The summed E-state index contributed by atoms with van der Waals surface area (Å²) in [5.74, 6) is 0.490. The van der Waals surface area contributed by atoms with E-state index in [1.165, 1.54) is 16.7 Å². The van der Waals surface area contributed by atoms with E-state index in [1.807, 2.05) is 0 Å². The number of rotatable bonds is 8. The molecule has 1 atom stereocenters. The van der Waals surface area contributed by atoms with Crippen molar-refractivity contribution >= 4 is 0 Å². The Bertz CT molecular complexity index is 506. The molecular formula is C21H31N. The van der Waals surface area contributed by atoms with E-state index in [1.54, 1.807) is 0 Å². The molecule has 1 aromatic carbocycles. The topological polar surface area (TPSA) is 3.24 Å². The zero-order valence-electron chi connectivity index (χ0n) is 14.8. The van der Waals surface area contributed by atoms with Crippen molar-refractivity contribution < 1.29 is 0 Å². The van der Waals surface area contributed by atoms with Gasteiger partial charge in [0.15, 0.2) is 0 Å². The van der Waals surface area contributed by atoms with Gasteiger partial charge in [0.2, 0.25) is 0 Å². The average Bonchev–Trinajstić information content (AvgIpc) is 2.52. The molecule has 22 heavy (non-hydrogen) atoms. The Morgan fingerprint density at radius 3 is 2.27 bits per heavy atom. The molecule has 0 aliphatic heterocycles. The maximum Gasteiger partial charge on any atom is 0.00606 e. The average molecular weight is 297 g/mol. The van der Waals surface area contributed by atoms with Crippen LogP contribution < -0.4 is 0 Å². The van der Waals surface area contributed by atoms with Gasteiger partial charge in [-0.25, -0.2) is 0 Å². The largest absolute Gasteiger partial charge is 0.309 e. The third kappa shape index (κ3) is 6.91. The summed E-state index contributed by atoms with van der Waals surface area (Å²) < 4.78 is 0. The van der Waals surface area contributed by atoms with Crippen LogP contribution in [0.4, 0.5) is 0 Å².